The van der Waals surface area contributed by atoms with E-state index in [1.807, 2.05) is 32.9 Å². The third-order valence-corrected chi connectivity index (χ3v) is 6.92. The van der Waals surface area contributed by atoms with Gasteiger partial charge in [0, 0.05) is 23.1 Å². The van der Waals surface area contributed by atoms with Crippen molar-refractivity contribution in [2.24, 2.45) is 0 Å². The quantitative estimate of drug-likeness (QED) is 0.420. The number of nitrogens with zero attached hydrogens (tertiary/aromatic N) is 3. The van der Waals surface area contributed by atoms with E-state index >= 15 is 0 Å². The van der Waals surface area contributed by atoms with Gasteiger partial charge in [0.1, 0.15) is 6.61 Å². The molecule has 3 aromatic rings. The zero-order valence-electron chi connectivity index (χ0n) is 20.7. The third kappa shape index (κ3) is 3.29. The molecule has 0 fully saturated rings. The van der Waals surface area contributed by atoms with Crippen LogP contribution in [-0.2, 0) is 39.6 Å². The maximum Gasteiger partial charge on any atom is 0.343 e. The van der Waals surface area contributed by atoms with Crippen LogP contribution in [0.2, 0.25) is 0 Å². The first-order valence-corrected chi connectivity index (χ1v) is 11.9. The van der Waals surface area contributed by atoms with Crippen molar-refractivity contribution >= 4 is 16.9 Å². The number of aryl methyl sites for hydroxylation is 1. The van der Waals surface area contributed by atoms with Crippen LogP contribution in [0.5, 0.6) is 0 Å². The Hall–Kier alpha value is -3.03. The minimum Gasteiger partial charge on any atom is -0.458 e. The lowest BCUT2D eigenvalue weighted by molar-refractivity contribution is -0.187. The number of carbonyl (C=O) groups is 1. The van der Waals surface area contributed by atoms with E-state index in [0.717, 1.165) is 34.4 Å². The predicted molar refractivity (Wildman–Crippen MR) is 131 cm³/mol. The van der Waals surface area contributed by atoms with Crippen LogP contribution in [0.15, 0.2) is 29.1 Å². The van der Waals surface area contributed by atoms with Crippen molar-refractivity contribution in [3.05, 3.63) is 62.4 Å². The minimum atomic E-state index is -1.29. The Morgan fingerprint density at radius 1 is 1.24 bits per heavy atom. The number of fused-ring (bicyclic) bond motifs is 5. The molecular weight excluding hydrogens is 430 g/mol. The zero-order valence-corrected chi connectivity index (χ0v) is 20.7. The maximum atomic E-state index is 13.6. The molecule has 0 spiro atoms. The molecular formula is C27H31N3O4. The molecule has 0 saturated carbocycles. The first-order chi connectivity index (χ1) is 16.2. The average Bonchev–Trinajstić information content (AvgIpc) is 3.14. The summed E-state index contributed by atoms with van der Waals surface area (Å²) in [7, 11) is 4.11. The number of carbonyl (C=O) groups excluding carboxylic acids is 1. The topological polar surface area (TPSA) is 73.7 Å². The Balaban J connectivity index is 1.74. The highest BCUT2D eigenvalue weighted by Gasteiger charge is 2.48. The van der Waals surface area contributed by atoms with E-state index in [4.69, 9.17) is 14.5 Å². The van der Waals surface area contributed by atoms with Crippen molar-refractivity contribution in [1.29, 1.82) is 0 Å². The molecule has 1 unspecified atom stereocenters. The van der Waals surface area contributed by atoms with Crippen LogP contribution >= 0.6 is 0 Å². The second-order valence-electron chi connectivity index (χ2n) is 9.90. The molecule has 34 heavy (non-hydrogen) atoms. The van der Waals surface area contributed by atoms with Crippen LogP contribution in [0.4, 0.5) is 0 Å². The summed E-state index contributed by atoms with van der Waals surface area (Å²) in [5.41, 5.74) is 5.58. The number of hydrogen-bond donors (Lipinski definition) is 0. The Morgan fingerprint density at radius 2 is 2.00 bits per heavy atom. The van der Waals surface area contributed by atoms with Crippen molar-refractivity contribution in [1.82, 2.24) is 14.5 Å². The monoisotopic (exact) mass is 461 g/mol. The van der Waals surface area contributed by atoms with Gasteiger partial charge in [-0.2, -0.15) is 0 Å². The molecule has 1 aromatic carbocycles. The average molecular weight is 462 g/mol. The van der Waals surface area contributed by atoms with E-state index in [-0.39, 0.29) is 18.3 Å². The molecule has 7 heteroatoms. The largest absolute Gasteiger partial charge is 0.458 e. The van der Waals surface area contributed by atoms with E-state index in [9.17, 15) is 9.59 Å². The molecule has 0 amide bonds. The fourth-order valence-corrected chi connectivity index (χ4v) is 5.33. The van der Waals surface area contributed by atoms with Gasteiger partial charge in [0.05, 0.1) is 35.1 Å². The van der Waals surface area contributed by atoms with Gasteiger partial charge in [0.25, 0.3) is 5.56 Å². The van der Waals surface area contributed by atoms with E-state index in [0.29, 0.717) is 24.1 Å². The van der Waals surface area contributed by atoms with Crippen LogP contribution in [0.25, 0.3) is 22.3 Å². The van der Waals surface area contributed by atoms with Gasteiger partial charge in [0.2, 0.25) is 0 Å². The fraction of sp³-hybridized carbons (Fsp3) is 0.444. The number of esters is 1. The SMILES string of the molecule is CCC1(OC(C)C)C(=O)OCc2c1cc1n(c2=O)Cc2cc3c(CN(C)C)c(C)ccc3nc2-1. The lowest BCUT2D eigenvalue weighted by Crippen LogP contribution is -2.47. The summed E-state index contributed by atoms with van der Waals surface area (Å²) in [5.74, 6) is -0.436. The lowest BCUT2D eigenvalue weighted by atomic mass is 9.85. The standard InChI is InChI=1S/C27H31N3O4/c1-7-27(34-15(2)3)21-11-23-24-17(12-30(23)25(31)20(21)14-33-26(27)32)10-18-19(13-29(5)6)16(4)8-9-22(18)28-24/h8-11,15H,7,12-14H2,1-6H3. The van der Waals surface area contributed by atoms with E-state index in [2.05, 4.69) is 38.1 Å². The Morgan fingerprint density at radius 3 is 2.68 bits per heavy atom. The Kier molecular flexibility index (Phi) is 5.37. The van der Waals surface area contributed by atoms with Gasteiger partial charge in [-0.15, -0.1) is 0 Å². The molecule has 2 aromatic heterocycles. The first-order valence-electron chi connectivity index (χ1n) is 11.9. The third-order valence-electron chi connectivity index (χ3n) is 6.92. The first kappa shape index (κ1) is 22.7. The summed E-state index contributed by atoms with van der Waals surface area (Å²) in [5, 5.41) is 1.11. The number of benzene rings is 1. The van der Waals surface area contributed by atoms with Crippen molar-refractivity contribution in [2.45, 2.75) is 65.5 Å². The normalized spacial score (nSPS) is 18.9. The van der Waals surface area contributed by atoms with Gasteiger partial charge in [-0.25, -0.2) is 9.78 Å². The van der Waals surface area contributed by atoms with Crippen molar-refractivity contribution < 1.29 is 14.3 Å². The number of aromatic nitrogens is 2. The second kappa shape index (κ2) is 8.03. The number of cyclic esters (lactones) is 1. The summed E-state index contributed by atoms with van der Waals surface area (Å²) >= 11 is 0. The van der Waals surface area contributed by atoms with Gasteiger partial charge in [-0.3, -0.25) is 4.79 Å². The van der Waals surface area contributed by atoms with Crippen molar-refractivity contribution in [3.8, 4) is 11.4 Å². The van der Waals surface area contributed by atoms with Gasteiger partial charge in [-0.05, 0) is 70.6 Å². The highest BCUT2D eigenvalue weighted by Crippen LogP contribution is 2.41. The van der Waals surface area contributed by atoms with Crippen molar-refractivity contribution in [3.63, 3.8) is 0 Å². The van der Waals surface area contributed by atoms with Crippen LogP contribution < -0.4 is 5.56 Å². The highest BCUT2D eigenvalue weighted by atomic mass is 16.6. The fourth-order valence-electron chi connectivity index (χ4n) is 5.33. The summed E-state index contributed by atoms with van der Waals surface area (Å²) in [6, 6.07) is 8.25. The molecule has 0 aliphatic carbocycles. The zero-order chi connectivity index (χ0) is 24.4. The number of ether oxygens (including phenoxy) is 2. The molecule has 1 atom stereocenters. The summed E-state index contributed by atoms with van der Waals surface area (Å²) in [6.45, 7) is 9.01. The molecule has 7 nitrogen and oxygen atoms in total. The molecule has 0 bridgehead atoms. The number of rotatable bonds is 5. The molecule has 0 saturated heterocycles. The van der Waals surface area contributed by atoms with E-state index < -0.39 is 11.6 Å². The van der Waals surface area contributed by atoms with Crippen LogP contribution in [-0.4, -0.2) is 40.6 Å². The van der Waals surface area contributed by atoms with Gasteiger partial charge in [0.15, 0.2) is 5.60 Å². The molecule has 0 N–H and O–H groups in total. The van der Waals surface area contributed by atoms with Crippen LogP contribution in [0, 0.1) is 6.92 Å². The minimum absolute atomic E-state index is 0.0333. The van der Waals surface area contributed by atoms with Crippen molar-refractivity contribution in [2.75, 3.05) is 14.1 Å². The lowest BCUT2D eigenvalue weighted by Gasteiger charge is -2.37. The maximum absolute atomic E-state index is 13.6. The molecule has 2 aliphatic rings. The smallest absolute Gasteiger partial charge is 0.343 e. The molecule has 178 valence electrons. The van der Waals surface area contributed by atoms with Gasteiger partial charge < -0.3 is 18.9 Å². The van der Waals surface area contributed by atoms with Gasteiger partial charge in [-0.1, -0.05) is 13.0 Å². The number of hydrogen-bond acceptors (Lipinski definition) is 6. The van der Waals surface area contributed by atoms with Gasteiger partial charge >= 0.3 is 5.97 Å². The summed E-state index contributed by atoms with van der Waals surface area (Å²) in [4.78, 5) is 33.7. The van der Waals surface area contributed by atoms with Crippen LogP contribution in [0.1, 0.15) is 55.0 Å². The Bertz CT molecular complexity index is 1390. The Labute approximate surface area is 199 Å². The number of pyridine rings is 2. The molecule has 0 radical (unpaired) electrons. The molecule has 4 heterocycles. The summed E-state index contributed by atoms with van der Waals surface area (Å²) in [6.07, 6.45) is 0.174. The van der Waals surface area contributed by atoms with E-state index in [1.165, 1.54) is 11.1 Å². The molecule has 2 aliphatic heterocycles. The molecule has 5 rings (SSSR count). The predicted octanol–water partition coefficient (Wildman–Crippen LogP) is 3.88. The second-order valence-corrected chi connectivity index (χ2v) is 9.90. The summed E-state index contributed by atoms with van der Waals surface area (Å²) < 4.78 is 13.4. The van der Waals surface area contributed by atoms with E-state index in [1.54, 1.807) is 4.57 Å². The van der Waals surface area contributed by atoms with Crippen LogP contribution in [0.3, 0.4) is 0 Å². The highest BCUT2D eigenvalue weighted by molar-refractivity contribution is 5.88.